The molecule has 82 valence electrons. The fourth-order valence-corrected chi connectivity index (χ4v) is 1.32. The average Bonchev–Trinajstić information content (AvgIpc) is 2.52. The van der Waals surface area contributed by atoms with Gasteiger partial charge >= 0.3 is 0 Å². The number of ether oxygens (including phenoxy) is 1. The van der Waals surface area contributed by atoms with Crippen molar-refractivity contribution < 1.29 is 9.53 Å². The maximum absolute atomic E-state index is 11.5. The molecule has 1 aromatic rings. The van der Waals surface area contributed by atoms with Crippen molar-refractivity contribution in [3.05, 3.63) is 42.2 Å². The Morgan fingerprint density at radius 3 is 2.69 bits per heavy atom. The van der Waals surface area contributed by atoms with E-state index in [1.54, 1.807) is 44.6 Å². The molecule has 0 saturated carbocycles. The summed E-state index contributed by atoms with van der Waals surface area (Å²) >= 11 is 0. The zero-order valence-electron chi connectivity index (χ0n) is 9.18. The van der Waals surface area contributed by atoms with Crippen molar-refractivity contribution in [2.75, 3.05) is 0 Å². The summed E-state index contributed by atoms with van der Waals surface area (Å²) in [5.74, 6) is 0.534. The lowest BCUT2D eigenvalue weighted by Crippen LogP contribution is -2.27. The molecule has 4 heteroatoms. The van der Waals surface area contributed by atoms with Crippen LogP contribution in [-0.4, -0.2) is 21.4 Å². The number of carbonyl (C=O) groups excluding carboxylic acids is 1. The fourth-order valence-electron chi connectivity index (χ4n) is 1.32. The molecule has 0 spiro atoms. The number of hydrogen-bond donors (Lipinski definition) is 0. The number of allylic oxidation sites excluding steroid dienone is 1. The van der Waals surface area contributed by atoms with Gasteiger partial charge in [-0.2, -0.15) is 0 Å². The molecule has 0 unspecified atom stereocenters. The van der Waals surface area contributed by atoms with Gasteiger partial charge in [-0.15, -0.1) is 0 Å². The third-order valence-electron chi connectivity index (χ3n) is 2.24. The Labute approximate surface area is 93.7 Å². The van der Waals surface area contributed by atoms with Crippen LogP contribution in [0.5, 0.6) is 0 Å². The van der Waals surface area contributed by atoms with Crippen LogP contribution in [0.2, 0.25) is 0 Å². The molecular formula is C12H12N2O2. The molecule has 2 rings (SSSR count). The zero-order chi connectivity index (χ0) is 11.6. The molecule has 0 radical (unpaired) electrons. The van der Waals surface area contributed by atoms with Crippen LogP contribution >= 0.6 is 0 Å². The van der Waals surface area contributed by atoms with Gasteiger partial charge in [0.25, 0.3) is 0 Å². The van der Waals surface area contributed by atoms with Crippen molar-refractivity contribution in [2.45, 2.75) is 19.4 Å². The van der Waals surface area contributed by atoms with Gasteiger partial charge in [0.05, 0.1) is 11.9 Å². The molecule has 4 nitrogen and oxygen atoms in total. The molecule has 0 aliphatic carbocycles. The van der Waals surface area contributed by atoms with Crippen LogP contribution in [0.15, 0.2) is 36.5 Å². The monoisotopic (exact) mass is 216 g/mol. The quantitative estimate of drug-likeness (QED) is 0.755. The molecule has 1 aliphatic heterocycles. The lowest BCUT2D eigenvalue weighted by molar-refractivity contribution is -0.126. The summed E-state index contributed by atoms with van der Waals surface area (Å²) in [5.41, 5.74) is -0.0219. The van der Waals surface area contributed by atoms with E-state index in [4.69, 9.17) is 4.74 Å². The third-order valence-corrected chi connectivity index (χ3v) is 2.24. The summed E-state index contributed by atoms with van der Waals surface area (Å²) in [4.78, 5) is 19.5. The van der Waals surface area contributed by atoms with Crippen molar-refractivity contribution in [1.82, 2.24) is 9.97 Å². The third kappa shape index (κ3) is 2.16. The number of carbonyl (C=O) groups is 1. The van der Waals surface area contributed by atoms with Gasteiger partial charge in [0.15, 0.2) is 5.60 Å². The van der Waals surface area contributed by atoms with Crippen LogP contribution in [0.1, 0.15) is 19.5 Å². The standard InChI is InChI=1S/C12H12N2O2/c1-12(2)11(15)7-10(16-12)4-3-9-8-13-5-6-14-9/h3-8H,1-2H3/b4-3+. The van der Waals surface area contributed by atoms with E-state index in [0.717, 1.165) is 5.69 Å². The van der Waals surface area contributed by atoms with Gasteiger partial charge in [0.1, 0.15) is 5.76 Å². The number of ketones is 1. The fraction of sp³-hybridized carbons (Fsp3) is 0.250. The van der Waals surface area contributed by atoms with Gasteiger partial charge in [0, 0.05) is 18.5 Å². The maximum atomic E-state index is 11.5. The molecule has 16 heavy (non-hydrogen) atoms. The summed E-state index contributed by atoms with van der Waals surface area (Å²) < 4.78 is 5.46. The van der Waals surface area contributed by atoms with Gasteiger partial charge in [-0.05, 0) is 26.0 Å². The van der Waals surface area contributed by atoms with E-state index < -0.39 is 5.60 Å². The Morgan fingerprint density at radius 2 is 2.12 bits per heavy atom. The van der Waals surface area contributed by atoms with Gasteiger partial charge in [0.2, 0.25) is 5.78 Å². The Morgan fingerprint density at radius 1 is 1.31 bits per heavy atom. The second kappa shape index (κ2) is 3.89. The first-order valence-corrected chi connectivity index (χ1v) is 4.97. The molecule has 1 aliphatic rings. The van der Waals surface area contributed by atoms with Crippen molar-refractivity contribution in [1.29, 1.82) is 0 Å². The van der Waals surface area contributed by atoms with E-state index in [1.807, 2.05) is 0 Å². The number of aromatic nitrogens is 2. The summed E-state index contributed by atoms with van der Waals surface area (Å²) in [6.45, 7) is 3.49. The molecule has 0 bridgehead atoms. The van der Waals surface area contributed by atoms with E-state index >= 15 is 0 Å². The number of nitrogens with zero attached hydrogens (tertiary/aromatic N) is 2. The highest BCUT2D eigenvalue weighted by Crippen LogP contribution is 2.25. The Kier molecular flexibility index (Phi) is 2.56. The zero-order valence-corrected chi connectivity index (χ0v) is 9.18. The first-order chi connectivity index (χ1) is 7.58. The minimum absolute atomic E-state index is 0.0219. The van der Waals surface area contributed by atoms with E-state index in [0.29, 0.717) is 5.76 Å². The SMILES string of the molecule is CC1(C)OC(/C=C/c2cnccn2)=CC1=O. The highest BCUT2D eigenvalue weighted by molar-refractivity contribution is 5.99. The molecule has 0 aromatic carbocycles. The number of hydrogen-bond acceptors (Lipinski definition) is 4. The van der Waals surface area contributed by atoms with E-state index in [9.17, 15) is 4.79 Å². The first kappa shape index (κ1) is 10.5. The molecule has 0 atom stereocenters. The highest BCUT2D eigenvalue weighted by atomic mass is 16.5. The molecule has 0 saturated heterocycles. The highest BCUT2D eigenvalue weighted by Gasteiger charge is 2.33. The van der Waals surface area contributed by atoms with Gasteiger partial charge in [-0.3, -0.25) is 14.8 Å². The second-order valence-corrected chi connectivity index (χ2v) is 3.99. The van der Waals surface area contributed by atoms with E-state index in [2.05, 4.69) is 9.97 Å². The van der Waals surface area contributed by atoms with Crippen LogP contribution in [0.3, 0.4) is 0 Å². The maximum Gasteiger partial charge on any atom is 0.202 e. The molecular weight excluding hydrogens is 204 g/mol. The van der Waals surface area contributed by atoms with Crippen molar-refractivity contribution in [3.63, 3.8) is 0 Å². The molecule has 0 fully saturated rings. The summed E-state index contributed by atoms with van der Waals surface area (Å²) in [5, 5.41) is 0. The molecule has 0 N–H and O–H groups in total. The minimum Gasteiger partial charge on any atom is -0.480 e. The van der Waals surface area contributed by atoms with Crippen LogP contribution in [0, 0.1) is 0 Å². The second-order valence-electron chi connectivity index (χ2n) is 3.99. The van der Waals surface area contributed by atoms with Crippen LogP contribution in [0.25, 0.3) is 6.08 Å². The lowest BCUT2D eigenvalue weighted by atomic mass is 10.1. The normalized spacial score (nSPS) is 18.6. The average molecular weight is 216 g/mol. The minimum atomic E-state index is -0.748. The largest absolute Gasteiger partial charge is 0.480 e. The van der Waals surface area contributed by atoms with Crippen molar-refractivity contribution >= 4 is 11.9 Å². The molecule has 0 amide bonds. The molecule has 2 heterocycles. The first-order valence-electron chi connectivity index (χ1n) is 4.97. The predicted octanol–water partition coefficient (Wildman–Crippen LogP) is 1.75. The van der Waals surface area contributed by atoms with Crippen LogP contribution < -0.4 is 0 Å². The number of rotatable bonds is 2. The lowest BCUT2D eigenvalue weighted by Gasteiger charge is -2.16. The molecule has 1 aromatic heterocycles. The predicted molar refractivity (Wildman–Crippen MR) is 59.3 cm³/mol. The summed E-state index contributed by atoms with van der Waals surface area (Å²) in [7, 11) is 0. The van der Waals surface area contributed by atoms with Crippen molar-refractivity contribution in [2.24, 2.45) is 0 Å². The van der Waals surface area contributed by atoms with Gasteiger partial charge in [-0.25, -0.2) is 0 Å². The topological polar surface area (TPSA) is 52.1 Å². The summed E-state index contributed by atoms with van der Waals surface area (Å²) in [6.07, 6.45) is 9.82. The van der Waals surface area contributed by atoms with E-state index in [-0.39, 0.29) is 5.78 Å². The Balaban J connectivity index is 2.11. The van der Waals surface area contributed by atoms with Gasteiger partial charge < -0.3 is 4.74 Å². The Bertz CT molecular complexity index is 461. The summed E-state index contributed by atoms with van der Waals surface area (Å²) in [6, 6.07) is 0. The van der Waals surface area contributed by atoms with Gasteiger partial charge in [-0.1, -0.05) is 0 Å². The van der Waals surface area contributed by atoms with E-state index in [1.165, 1.54) is 6.08 Å². The smallest absolute Gasteiger partial charge is 0.202 e. The Hall–Kier alpha value is -1.97. The van der Waals surface area contributed by atoms with Crippen LogP contribution in [0.4, 0.5) is 0 Å². The van der Waals surface area contributed by atoms with Crippen LogP contribution in [-0.2, 0) is 9.53 Å². The van der Waals surface area contributed by atoms with Crippen molar-refractivity contribution in [3.8, 4) is 0 Å².